The van der Waals surface area contributed by atoms with Crippen molar-refractivity contribution in [1.82, 2.24) is 5.43 Å². The molecule has 0 spiro atoms. The van der Waals surface area contributed by atoms with Gasteiger partial charge in [-0.05, 0) is 18.6 Å². The van der Waals surface area contributed by atoms with Crippen molar-refractivity contribution < 1.29 is 14.1 Å². The van der Waals surface area contributed by atoms with Crippen LogP contribution in [-0.4, -0.2) is 17.0 Å². The molecular weight excluding hydrogens is 310 g/mol. The Morgan fingerprint density at radius 1 is 1.64 bits per heavy atom. The molecule has 0 aliphatic heterocycles. The molecule has 2 aromatic heterocycles. The van der Waals surface area contributed by atoms with Gasteiger partial charge in [0.25, 0.3) is 5.91 Å². The van der Waals surface area contributed by atoms with Crippen molar-refractivity contribution in [1.29, 1.82) is 5.26 Å². The third-order valence-electron chi connectivity index (χ3n) is 2.64. The van der Waals surface area contributed by atoms with Crippen LogP contribution in [0, 0.1) is 28.4 Å². The highest BCUT2D eigenvalue weighted by Gasteiger charge is 2.18. The molecule has 0 radical (unpaired) electrons. The van der Waals surface area contributed by atoms with Gasteiger partial charge < -0.3 is 10.2 Å². The second kappa shape index (κ2) is 6.06. The highest BCUT2D eigenvalue weighted by molar-refractivity contribution is 7.18. The summed E-state index contributed by atoms with van der Waals surface area (Å²) in [6.45, 7) is 1.61. The zero-order valence-corrected chi connectivity index (χ0v) is 12.0. The molecule has 10 heteroatoms. The first-order valence-corrected chi connectivity index (χ1v) is 6.62. The molecule has 9 nitrogen and oxygen atoms in total. The van der Waals surface area contributed by atoms with E-state index in [-0.39, 0.29) is 21.2 Å². The summed E-state index contributed by atoms with van der Waals surface area (Å²) in [5.41, 5.74) is 8.62. The second-order valence-corrected chi connectivity index (χ2v) is 5.09. The van der Waals surface area contributed by atoms with Crippen molar-refractivity contribution in [3.63, 3.8) is 0 Å². The minimum Gasteiger partial charge on any atom is -0.400 e. The van der Waals surface area contributed by atoms with Gasteiger partial charge >= 0.3 is 5.88 Å². The van der Waals surface area contributed by atoms with E-state index in [4.69, 9.17) is 15.4 Å². The summed E-state index contributed by atoms with van der Waals surface area (Å²) in [6, 6.07) is 4.44. The van der Waals surface area contributed by atoms with Gasteiger partial charge in [-0.3, -0.25) is 14.9 Å². The van der Waals surface area contributed by atoms with Gasteiger partial charge in [-0.2, -0.15) is 10.4 Å². The highest BCUT2D eigenvalue weighted by Crippen LogP contribution is 2.29. The molecule has 1 amide bonds. The summed E-state index contributed by atoms with van der Waals surface area (Å²) >= 11 is 0.985. The zero-order chi connectivity index (χ0) is 16.3. The minimum absolute atomic E-state index is 0.118. The minimum atomic E-state index is -0.683. The van der Waals surface area contributed by atoms with E-state index >= 15 is 0 Å². The number of hydrazone groups is 1. The van der Waals surface area contributed by atoms with Crippen LogP contribution in [0.4, 0.5) is 10.9 Å². The number of carbonyl (C=O) groups is 1. The van der Waals surface area contributed by atoms with E-state index in [1.54, 1.807) is 6.92 Å². The molecule has 0 aliphatic rings. The molecule has 2 rings (SSSR count). The predicted octanol–water partition coefficient (Wildman–Crippen LogP) is 1.78. The van der Waals surface area contributed by atoms with Gasteiger partial charge in [0.2, 0.25) is 0 Å². The maximum Gasteiger partial charge on any atom is 0.433 e. The lowest BCUT2D eigenvalue weighted by Gasteiger charge is -1.97. The number of nitrogen functional groups attached to an aromatic ring is 1. The van der Waals surface area contributed by atoms with Gasteiger partial charge in [0.15, 0.2) is 5.76 Å². The van der Waals surface area contributed by atoms with Crippen molar-refractivity contribution >= 4 is 34.3 Å². The molecular formula is C12H9N5O4S. The van der Waals surface area contributed by atoms with Crippen molar-refractivity contribution in [2.24, 2.45) is 5.10 Å². The Morgan fingerprint density at radius 3 is 2.91 bits per heavy atom. The summed E-state index contributed by atoms with van der Waals surface area (Å²) in [4.78, 5) is 22.0. The van der Waals surface area contributed by atoms with Gasteiger partial charge in [-0.25, -0.2) is 5.43 Å². The Morgan fingerprint density at radius 2 is 2.36 bits per heavy atom. The number of rotatable bonds is 4. The van der Waals surface area contributed by atoms with Crippen LogP contribution in [0.1, 0.15) is 26.6 Å². The van der Waals surface area contributed by atoms with E-state index in [1.165, 1.54) is 12.1 Å². The number of furan rings is 1. The molecule has 2 heterocycles. The van der Waals surface area contributed by atoms with Crippen molar-refractivity contribution in [2.75, 3.05) is 5.73 Å². The number of nitrogens with one attached hydrogen (secondary N) is 1. The first kappa shape index (κ1) is 15.2. The molecule has 0 saturated carbocycles. The lowest BCUT2D eigenvalue weighted by molar-refractivity contribution is -0.402. The Bertz CT molecular complexity index is 814. The van der Waals surface area contributed by atoms with E-state index < -0.39 is 16.7 Å². The first-order valence-electron chi connectivity index (χ1n) is 5.80. The maximum atomic E-state index is 11.9. The lowest BCUT2D eigenvalue weighted by Crippen LogP contribution is -2.17. The number of amides is 1. The van der Waals surface area contributed by atoms with Crippen LogP contribution in [0.15, 0.2) is 21.7 Å². The number of nitrogens with two attached hydrogens (primary N) is 1. The quantitative estimate of drug-likeness (QED) is 0.498. The van der Waals surface area contributed by atoms with E-state index in [1.807, 2.05) is 6.07 Å². The lowest BCUT2D eigenvalue weighted by atomic mass is 10.2. The fourth-order valence-electron chi connectivity index (χ4n) is 1.61. The van der Waals surface area contributed by atoms with Crippen molar-refractivity contribution in [2.45, 2.75) is 6.92 Å². The van der Waals surface area contributed by atoms with Crippen LogP contribution < -0.4 is 11.2 Å². The highest BCUT2D eigenvalue weighted by atomic mass is 32.1. The zero-order valence-electron chi connectivity index (χ0n) is 11.2. The van der Waals surface area contributed by atoms with Crippen LogP contribution >= 0.6 is 11.3 Å². The van der Waals surface area contributed by atoms with Gasteiger partial charge in [0.1, 0.15) is 20.9 Å². The van der Waals surface area contributed by atoms with Gasteiger partial charge in [0, 0.05) is 0 Å². The summed E-state index contributed by atoms with van der Waals surface area (Å²) in [5, 5.41) is 23.3. The number of nitrogens with zero attached hydrogens (tertiary/aromatic N) is 3. The Kier molecular flexibility index (Phi) is 4.19. The molecule has 0 fully saturated rings. The number of anilines is 1. The van der Waals surface area contributed by atoms with Crippen LogP contribution in [0.25, 0.3) is 0 Å². The van der Waals surface area contributed by atoms with Crippen LogP contribution in [0.5, 0.6) is 0 Å². The maximum absolute atomic E-state index is 11.9. The monoisotopic (exact) mass is 319 g/mol. The van der Waals surface area contributed by atoms with Crippen LogP contribution in [0.2, 0.25) is 0 Å². The molecule has 2 aromatic rings. The largest absolute Gasteiger partial charge is 0.433 e. The Labute approximate surface area is 127 Å². The molecule has 0 bridgehead atoms. The predicted molar refractivity (Wildman–Crippen MR) is 78.6 cm³/mol. The number of hydrogen-bond acceptors (Lipinski definition) is 8. The molecule has 0 aromatic carbocycles. The van der Waals surface area contributed by atoms with Crippen molar-refractivity contribution in [3.05, 3.63) is 44.0 Å². The number of nitriles is 1. The number of carbonyl (C=O) groups excluding carboxylic acids is 1. The molecule has 112 valence electrons. The van der Waals surface area contributed by atoms with Crippen LogP contribution in [0.3, 0.4) is 0 Å². The van der Waals surface area contributed by atoms with Gasteiger partial charge in [-0.1, -0.05) is 0 Å². The summed E-state index contributed by atoms with van der Waals surface area (Å²) in [6.07, 6.45) is 1.13. The van der Waals surface area contributed by atoms with E-state index in [9.17, 15) is 14.9 Å². The Balaban J connectivity index is 2.08. The summed E-state index contributed by atoms with van der Waals surface area (Å²) in [5.74, 6) is -0.839. The van der Waals surface area contributed by atoms with E-state index in [2.05, 4.69) is 10.5 Å². The van der Waals surface area contributed by atoms with Crippen molar-refractivity contribution in [3.8, 4) is 6.07 Å². The van der Waals surface area contributed by atoms with Crippen LogP contribution in [-0.2, 0) is 0 Å². The topological polar surface area (TPSA) is 148 Å². The molecule has 0 unspecified atom stereocenters. The Hall–Kier alpha value is -3.19. The smallest absolute Gasteiger partial charge is 0.400 e. The summed E-state index contributed by atoms with van der Waals surface area (Å²) < 4.78 is 4.84. The third kappa shape index (κ3) is 2.94. The molecule has 0 atom stereocenters. The number of nitro groups is 1. The fourth-order valence-corrected chi connectivity index (χ4v) is 2.52. The van der Waals surface area contributed by atoms with Gasteiger partial charge in [0.05, 0.1) is 17.8 Å². The normalized spacial score (nSPS) is 10.5. The molecule has 22 heavy (non-hydrogen) atoms. The fraction of sp³-hybridized carbons (Fsp3) is 0.0833. The first-order chi connectivity index (χ1) is 10.4. The summed E-state index contributed by atoms with van der Waals surface area (Å²) in [7, 11) is 0. The van der Waals surface area contributed by atoms with Gasteiger partial charge in [-0.15, -0.1) is 11.3 Å². The molecule has 0 saturated heterocycles. The third-order valence-corrected chi connectivity index (χ3v) is 3.76. The number of thiophene rings is 1. The average Bonchev–Trinajstić information content (AvgIpc) is 3.04. The molecule has 3 N–H and O–H groups in total. The van der Waals surface area contributed by atoms with E-state index in [0.717, 1.165) is 17.6 Å². The molecule has 0 aliphatic carbocycles. The van der Waals surface area contributed by atoms with E-state index in [0.29, 0.717) is 5.56 Å². The number of hydrogen-bond donors (Lipinski definition) is 2. The average molecular weight is 319 g/mol. The second-order valence-electron chi connectivity index (χ2n) is 4.04. The standard InChI is InChI=1S/C12H9N5O4S/c1-6-8(4-13)11(14)22-10(6)12(18)16-15-5-7-2-3-9(21-7)17(19)20/h2-3,5H,14H2,1H3,(H,16,18)/b15-5-. The SMILES string of the molecule is Cc1c(C(=O)N/N=C\c2ccc([N+](=O)[O-])o2)sc(N)c1C#N.